The fraction of sp³-hybridized carbons (Fsp3) is 0.600. The fourth-order valence-corrected chi connectivity index (χ4v) is 2.63. The molecule has 4 nitrogen and oxygen atoms in total. The van der Waals surface area contributed by atoms with Crippen molar-refractivity contribution in [3.63, 3.8) is 0 Å². The van der Waals surface area contributed by atoms with Gasteiger partial charge in [0.05, 0.1) is 25.4 Å². The Kier molecular flexibility index (Phi) is 5.34. The summed E-state index contributed by atoms with van der Waals surface area (Å²) in [6.07, 6.45) is 4.61. The van der Waals surface area contributed by atoms with E-state index in [-0.39, 0.29) is 19.3 Å². The average Bonchev–Trinajstić information content (AvgIpc) is 2.92. The topological polar surface area (TPSA) is 75.7 Å². The van der Waals surface area contributed by atoms with Gasteiger partial charge in [0.2, 0.25) is 0 Å². The van der Waals surface area contributed by atoms with Crippen LogP contribution in [0, 0.1) is 0 Å². The molecule has 0 saturated carbocycles. The van der Waals surface area contributed by atoms with Crippen molar-refractivity contribution in [2.45, 2.75) is 51.1 Å². The highest BCUT2D eigenvalue weighted by molar-refractivity contribution is 5.31. The van der Waals surface area contributed by atoms with E-state index in [9.17, 15) is 5.11 Å². The largest absolute Gasteiger partial charge is 0.392 e. The van der Waals surface area contributed by atoms with Gasteiger partial charge in [0.1, 0.15) is 0 Å². The van der Waals surface area contributed by atoms with E-state index in [1.165, 1.54) is 5.56 Å². The zero-order chi connectivity index (χ0) is 13.7. The molecular formula is C15H23NO3. The molecule has 2 atom stereocenters. The van der Waals surface area contributed by atoms with Crippen LogP contribution in [0.1, 0.15) is 36.0 Å². The lowest BCUT2D eigenvalue weighted by atomic mass is 10.00. The molecule has 0 spiro atoms. The number of nitrogens with two attached hydrogens (primary N) is 1. The van der Waals surface area contributed by atoms with Gasteiger partial charge in [-0.15, -0.1) is 0 Å². The van der Waals surface area contributed by atoms with Gasteiger partial charge < -0.3 is 20.7 Å². The zero-order valence-corrected chi connectivity index (χ0v) is 11.2. The Balaban J connectivity index is 1.89. The predicted octanol–water partition coefficient (Wildman–Crippen LogP) is 1.11. The van der Waals surface area contributed by atoms with Gasteiger partial charge in [-0.05, 0) is 42.4 Å². The highest BCUT2D eigenvalue weighted by atomic mass is 16.5. The van der Waals surface area contributed by atoms with Crippen molar-refractivity contribution in [1.29, 1.82) is 0 Å². The predicted molar refractivity (Wildman–Crippen MR) is 73.6 cm³/mol. The summed E-state index contributed by atoms with van der Waals surface area (Å²) in [5.74, 6) is 0. The van der Waals surface area contributed by atoms with Crippen LogP contribution >= 0.6 is 0 Å². The van der Waals surface area contributed by atoms with Gasteiger partial charge in [0.15, 0.2) is 0 Å². The van der Waals surface area contributed by atoms with Crippen LogP contribution in [-0.4, -0.2) is 29.0 Å². The van der Waals surface area contributed by atoms with Crippen LogP contribution in [0.4, 0.5) is 0 Å². The van der Waals surface area contributed by atoms with Gasteiger partial charge in [-0.3, -0.25) is 0 Å². The van der Waals surface area contributed by atoms with E-state index < -0.39 is 0 Å². The standard InChI is InChI=1S/C15H23NO3/c16-8-15-6-5-14(19-15)4-2-11-1-3-12(9-17)13(7-11)10-18/h1,3,7,14-15,17-18H,2,4-6,8-10,16H2. The quantitative estimate of drug-likeness (QED) is 0.720. The molecule has 2 rings (SSSR count). The lowest BCUT2D eigenvalue weighted by Gasteiger charge is -2.13. The van der Waals surface area contributed by atoms with E-state index in [2.05, 4.69) is 0 Å². The lowest BCUT2D eigenvalue weighted by molar-refractivity contribution is 0.0458. The molecular weight excluding hydrogens is 242 g/mol. The molecule has 1 aliphatic rings. The first kappa shape index (κ1) is 14.5. The summed E-state index contributed by atoms with van der Waals surface area (Å²) in [6.45, 7) is 0.551. The molecule has 0 amide bonds. The van der Waals surface area contributed by atoms with Gasteiger partial charge in [-0.2, -0.15) is 0 Å². The number of aliphatic hydroxyl groups excluding tert-OH is 2. The minimum Gasteiger partial charge on any atom is -0.392 e. The molecule has 0 bridgehead atoms. The summed E-state index contributed by atoms with van der Waals surface area (Å²) >= 11 is 0. The second-order valence-corrected chi connectivity index (χ2v) is 5.15. The van der Waals surface area contributed by atoms with Crippen molar-refractivity contribution in [3.8, 4) is 0 Å². The van der Waals surface area contributed by atoms with Crippen LogP contribution in [0.25, 0.3) is 0 Å². The van der Waals surface area contributed by atoms with Crippen molar-refractivity contribution in [3.05, 3.63) is 34.9 Å². The second kappa shape index (κ2) is 7.01. The molecule has 4 heteroatoms. The number of aliphatic hydroxyl groups is 2. The molecule has 4 N–H and O–H groups in total. The number of hydrogen-bond donors (Lipinski definition) is 3. The summed E-state index contributed by atoms with van der Waals surface area (Å²) in [5, 5.41) is 18.4. The Morgan fingerprint density at radius 1 is 1.11 bits per heavy atom. The van der Waals surface area contributed by atoms with Gasteiger partial charge in [0.25, 0.3) is 0 Å². The summed E-state index contributed by atoms with van der Waals surface area (Å²) in [6, 6.07) is 5.88. The Morgan fingerprint density at radius 2 is 1.84 bits per heavy atom. The first-order valence-electron chi connectivity index (χ1n) is 6.94. The van der Waals surface area contributed by atoms with Crippen LogP contribution in [0.3, 0.4) is 0 Å². The molecule has 1 saturated heterocycles. The normalized spacial score (nSPS) is 22.9. The third kappa shape index (κ3) is 3.76. The van der Waals surface area contributed by atoms with Crippen LogP contribution < -0.4 is 5.73 Å². The van der Waals surface area contributed by atoms with Crippen molar-refractivity contribution in [2.24, 2.45) is 5.73 Å². The molecule has 1 fully saturated rings. The van der Waals surface area contributed by atoms with E-state index in [1.54, 1.807) is 0 Å². The van der Waals surface area contributed by atoms with Crippen molar-refractivity contribution >= 4 is 0 Å². The first-order valence-corrected chi connectivity index (χ1v) is 6.94. The van der Waals surface area contributed by atoms with Crippen molar-refractivity contribution in [1.82, 2.24) is 0 Å². The highest BCUT2D eigenvalue weighted by Gasteiger charge is 2.23. The van der Waals surface area contributed by atoms with Gasteiger partial charge in [0, 0.05) is 6.54 Å². The third-order valence-electron chi connectivity index (χ3n) is 3.82. The summed E-state index contributed by atoms with van der Waals surface area (Å²) in [7, 11) is 0. The Labute approximate surface area is 114 Å². The molecule has 19 heavy (non-hydrogen) atoms. The summed E-state index contributed by atoms with van der Waals surface area (Å²) in [4.78, 5) is 0. The number of rotatable bonds is 6. The fourth-order valence-electron chi connectivity index (χ4n) is 2.63. The Hall–Kier alpha value is -0.940. The smallest absolute Gasteiger partial charge is 0.0702 e. The van der Waals surface area contributed by atoms with E-state index in [0.29, 0.717) is 12.6 Å². The van der Waals surface area contributed by atoms with Crippen LogP contribution in [-0.2, 0) is 24.4 Å². The summed E-state index contributed by atoms with van der Waals surface area (Å²) in [5.41, 5.74) is 8.39. The molecule has 2 unspecified atom stereocenters. The molecule has 0 radical (unpaired) electrons. The average molecular weight is 265 g/mol. The molecule has 1 heterocycles. The van der Waals surface area contributed by atoms with E-state index >= 15 is 0 Å². The van der Waals surface area contributed by atoms with Crippen molar-refractivity contribution < 1.29 is 14.9 Å². The summed E-state index contributed by atoms with van der Waals surface area (Å²) < 4.78 is 5.82. The molecule has 1 aliphatic heterocycles. The SMILES string of the molecule is NCC1CCC(CCc2ccc(CO)c(CO)c2)O1. The Morgan fingerprint density at radius 3 is 2.47 bits per heavy atom. The number of aryl methyl sites for hydroxylation is 1. The number of hydrogen-bond acceptors (Lipinski definition) is 4. The Bertz CT molecular complexity index is 408. The highest BCUT2D eigenvalue weighted by Crippen LogP contribution is 2.23. The maximum absolute atomic E-state index is 9.27. The van der Waals surface area contributed by atoms with E-state index in [0.717, 1.165) is 36.8 Å². The van der Waals surface area contributed by atoms with Crippen LogP contribution in [0.5, 0.6) is 0 Å². The third-order valence-corrected chi connectivity index (χ3v) is 3.82. The molecule has 0 aliphatic carbocycles. The van der Waals surface area contributed by atoms with Gasteiger partial charge in [-0.25, -0.2) is 0 Å². The van der Waals surface area contributed by atoms with Crippen LogP contribution in [0.2, 0.25) is 0 Å². The van der Waals surface area contributed by atoms with E-state index in [4.69, 9.17) is 15.6 Å². The molecule has 1 aromatic carbocycles. The lowest BCUT2D eigenvalue weighted by Crippen LogP contribution is -2.20. The van der Waals surface area contributed by atoms with E-state index in [1.807, 2.05) is 18.2 Å². The molecule has 0 aromatic heterocycles. The molecule has 106 valence electrons. The monoisotopic (exact) mass is 265 g/mol. The minimum absolute atomic E-state index is 0.0277. The van der Waals surface area contributed by atoms with Gasteiger partial charge in [-0.1, -0.05) is 18.2 Å². The number of benzene rings is 1. The maximum atomic E-state index is 9.27. The van der Waals surface area contributed by atoms with Crippen molar-refractivity contribution in [2.75, 3.05) is 6.54 Å². The first-order chi connectivity index (χ1) is 9.26. The van der Waals surface area contributed by atoms with Gasteiger partial charge >= 0.3 is 0 Å². The minimum atomic E-state index is -0.0289. The van der Waals surface area contributed by atoms with Crippen LogP contribution in [0.15, 0.2) is 18.2 Å². The second-order valence-electron chi connectivity index (χ2n) is 5.15. The zero-order valence-electron chi connectivity index (χ0n) is 11.2. The maximum Gasteiger partial charge on any atom is 0.0702 e. The number of ether oxygens (including phenoxy) is 1. The molecule has 1 aromatic rings.